The topological polar surface area (TPSA) is 66.6 Å². The third-order valence-electron chi connectivity index (χ3n) is 3.68. The lowest BCUT2D eigenvalue weighted by Crippen LogP contribution is -2.47. The molecule has 1 aliphatic rings. The molecule has 19 heavy (non-hydrogen) atoms. The van der Waals surface area contributed by atoms with Crippen LogP contribution in [0.2, 0.25) is 0 Å². The van der Waals surface area contributed by atoms with Crippen molar-refractivity contribution in [1.82, 2.24) is 4.98 Å². The van der Waals surface area contributed by atoms with Gasteiger partial charge in [-0.3, -0.25) is 0 Å². The maximum atomic E-state index is 11.4. The Morgan fingerprint density at radius 2 is 2.26 bits per heavy atom. The number of nitrogens with zero attached hydrogens (tertiary/aromatic N) is 2. The lowest BCUT2D eigenvalue weighted by Gasteiger charge is -2.34. The van der Waals surface area contributed by atoms with Gasteiger partial charge in [-0.05, 0) is 30.9 Å². The summed E-state index contributed by atoms with van der Waals surface area (Å²) < 4.78 is 5.67. The molecule has 100 valence electrons. The van der Waals surface area contributed by atoms with Gasteiger partial charge in [0.2, 0.25) is 0 Å². The summed E-state index contributed by atoms with van der Waals surface area (Å²) >= 11 is 0. The van der Waals surface area contributed by atoms with Crippen molar-refractivity contribution in [3.63, 3.8) is 0 Å². The van der Waals surface area contributed by atoms with Crippen LogP contribution in [0.5, 0.6) is 0 Å². The van der Waals surface area contributed by atoms with Crippen LogP contribution in [0.1, 0.15) is 19.8 Å². The third-order valence-corrected chi connectivity index (χ3v) is 3.68. The molecule has 0 bridgehead atoms. The van der Waals surface area contributed by atoms with Gasteiger partial charge >= 0.3 is 5.97 Å². The van der Waals surface area contributed by atoms with E-state index >= 15 is 0 Å². The van der Waals surface area contributed by atoms with E-state index < -0.39 is 12.0 Å². The molecule has 2 aromatic rings. The molecule has 1 aromatic carbocycles. The number of rotatable bonds is 2. The van der Waals surface area contributed by atoms with E-state index in [-0.39, 0.29) is 0 Å². The van der Waals surface area contributed by atoms with Crippen molar-refractivity contribution in [1.29, 1.82) is 0 Å². The Bertz CT molecular complexity index is 575. The zero-order valence-electron chi connectivity index (χ0n) is 10.7. The number of oxazole rings is 1. The summed E-state index contributed by atoms with van der Waals surface area (Å²) in [5, 5.41) is 9.35. The van der Waals surface area contributed by atoms with Crippen LogP contribution in [0.3, 0.4) is 0 Å². The second-order valence-corrected chi connectivity index (χ2v) is 5.14. The predicted molar refractivity (Wildman–Crippen MR) is 71.2 cm³/mol. The molecule has 0 saturated carbocycles. The first kappa shape index (κ1) is 12.0. The Kier molecular flexibility index (Phi) is 2.89. The van der Waals surface area contributed by atoms with Crippen molar-refractivity contribution < 1.29 is 14.3 Å². The summed E-state index contributed by atoms with van der Waals surface area (Å²) in [7, 11) is 0. The summed E-state index contributed by atoms with van der Waals surface area (Å²) in [6.07, 6.45) is 1.59. The minimum Gasteiger partial charge on any atom is -0.480 e. The van der Waals surface area contributed by atoms with Crippen LogP contribution in [0.25, 0.3) is 11.1 Å². The molecule has 3 rings (SSSR count). The average molecular weight is 260 g/mol. The maximum absolute atomic E-state index is 11.4. The van der Waals surface area contributed by atoms with Gasteiger partial charge in [-0.25, -0.2) is 4.79 Å². The van der Waals surface area contributed by atoms with E-state index in [1.165, 1.54) is 0 Å². The zero-order chi connectivity index (χ0) is 13.4. The summed E-state index contributed by atoms with van der Waals surface area (Å²) in [5.41, 5.74) is 1.46. The molecule has 0 aliphatic carbocycles. The number of carboxylic acids is 1. The van der Waals surface area contributed by atoms with E-state index in [1.54, 1.807) is 4.90 Å². The largest absolute Gasteiger partial charge is 0.480 e. The fourth-order valence-electron chi connectivity index (χ4n) is 2.59. The molecule has 0 spiro atoms. The number of hydrogen-bond donors (Lipinski definition) is 1. The average Bonchev–Trinajstić information content (AvgIpc) is 2.82. The number of fused-ring (bicyclic) bond motifs is 1. The number of carboxylic acid groups (broad SMARTS) is 1. The number of piperidine rings is 1. The molecular weight excluding hydrogens is 244 g/mol. The minimum absolute atomic E-state index is 0.417. The summed E-state index contributed by atoms with van der Waals surface area (Å²) in [5.74, 6) is -0.393. The number of aromatic nitrogens is 1. The van der Waals surface area contributed by atoms with Gasteiger partial charge in [0.1, 0.15) is 11.6 Å². The Balaban J connectivity index is 1.96. The van der Waals surface area contributed by atoms with Crippen molar-refractivity contribution >= 4 is 23.1 Å². The first-order valence-electron chi connectivity index (χ1n) is 6.50. The van der Waals surface area contributed by atoms with E-state index in [2.05, 4.69) is 11.9 Å². The number of anilines is 1. The van der Waals surface area contributed by atoms with Crippen LogP contribution in [0, 0.1) is 5.92 Å². The number of aliphatic carboxylic acids is 1. The fourth-order valence-corrected chi connectivity index (χ4v) is 2.59. The van der Waals surface area contributed by atoms with Crippen LogP contribution >= 0.6 is 0 Å². The van der Waals surface area contributed by atoms with Crippen molar-refractivity contribution in [2.45, 2.75) is 25.8 Å². The molecule has 2 unspecified atom stereocenters. The Morgan fingerprint density at radius 3 is 3.00 bits per heavy atom. The second kappa shape index (κ2) is 4.57. The second-order valence-electron chi connectivity index (χ2n) is 5.14. The Hall–Kier alpha value is -2.04. The van der Waals surface area contributed by atoms with Crippen molar-refractivity contribution in [3.05, 3.63) is 24.3 Å². The molecule has 2 heterocycles. The van der Waals surface area contributed by atoms with E-state index in [1.807, 2.05) is 24.3 Å². The SMILES string of the molecule is CC1CCN(c2nc3ccccc3o2)C(C(=O)O)C1. The lowest BCUT2D eigenvalue weighted by molar-refractivity contribution is -0.139. The van der Waals surface area contributed by atoms with Crippen molar-refractivity contribution in [2.75, 3.05) is 11.4 Å². The highest BCUT2D eigenvalue weighted by Crippen LogP contribution is 2.29. The highest BCUT2D eigenvalue weighted by atomic mass is 16.4. The van der Waals surface area contributed by atoms with Gasteiger partial charge in [-0.1, -0.05) is 19.1 Å². The van der Waals surface area contributed by atoms with Gasteiger partial charge < -0.3 is 14.4 Å². The number of carbonyl (C=O) groups is 1. The van der Waals surface area contributed by atoms with E-state index in [4.69, 9.17) is 4.42 Å². The van der Waals surface area contributed by atoms with Gasteiger partial charge in [0.25, 0.3) is 6.01 Å². The minimum atomic E-state index is -0.811. The van der Waals surface area contributed by atoms with Crippen LogP contribution in [-0.2, 0) is 4.79 Å². The Labute approximate surface area is 110 Å². The summed E-state index contributed by atoms with van der Waals surface area (Å²) in [6.45, 7) is 2.75. The quantitative estimate of drug-likeness (QED) is 0.898. The van der Waals surface area contributed by atoms with Gasteiger partial charge in [-0.2, -0.15) is 4.98 Å². The number of benzene rings is 1. The Morgan fingerprint density at radius 1 is 1.47 bits per heavy atom. The van der Waals surface area contributed by atoms with E-state index in [9.17, 15) is 9.90 Å². The first-order chi connectivity index (χ1) is 9.15. The lowest BCUT2D eigenvalue weighted by atomic mass is 9.93. The van der Waals surface area contributed by atoms with Gasteiger partial charge in [-0.15, -0.1) is 0 Å². The first-order valence-corrected chi connectivity index (χ1v) is 6.50. The monoisotopic (exact) mass is 260 g/mol. The molecule has 1 aromatic heterocycles. The predicted octanol–water partition coefficient (Wildman–Crippen LogP) is 2.52. The van der Waals surface area contributed by atoms with Crippen LogP contribution in [0.4, 0.5) is 6.01 Å². The third kappa shape index (κ3) is 2.16. The van der Waals surface area contributed by atoms with Crippen molar-refractivity contribution in [3.8, 4) is 0 Å². The molecule has 1 N–H and O–H groups in total. The standard InChI is InChI=1S/C14H16N2O3/c1-9-6-7-16(11(8-9)13(17)18)14-15-10-4-2-3-5-12(10)19-14/h2-5,9,11H,6-8H2,1H3,(H,17,18). The van der Waals surface area contributed by atoms with Crippen molar-refractivity contribution in [2.24, 2.45) is 5.92 Å². The molecule has 2 atom stereocenters. The molecule has 0 radical (unpaired) electrons. The van der Waals surface area contributed by atoms with Gasteiger partial charge in [0, 0.05) is 6.54 Å². The molecule has 5 heteroatoms. The number of hydrogen-bond acceptors (Lipinski definition) is 4. The summed E-state index contributed by atoms with van der Waals surface area (Å²) in [6, 6.07) is 7.35. The molecular formula is C14H16N2O3. The summed E-state index contributed by atoms with van der Waals surface area (Å²) in [4.78, 5) is 17.5. The maximum Gasteiger partial charge on any atom is 0.326 e. The highest BCUT2D eigenvalue weighted by molar-refractivity contribution is 5.79. The van der Waals surface area contributed by atoms with Crippen LogP contribution in [-0.4, -0.2) is 28.6 Å². The zero-order valence-corrected chi connectivity index (χ0v) is 10.7. The van der Waals surface area contributed by atoms with Crippen LogP contribution < -0.4 is 4.90 Å². The highest BCUT2D eigenvalue weighted by Gasteiger charge is 2.34. The van der Waals surface area contributed by atoms with Gasteiger partial charge in [0.05, 0.1) is 0 Å². The fraction of sp³-hybridized carbons (Fsp3) is 0.429. The molecule has 1 aliphatic heterocycles. The molecule has 5 nitrogen and oxygen atoms in total. The van der Waals surface area contributed by atoms with Crippen LogP contribution in [0.15, 0.2) is 28.7 Å². The normalized spacial score (nSPS) is 23.7. The molecule has 0 amide bonds. The number of para-hydroxylation sites is 2. The van der Waals surface area contributed by atoms with E-state index in [0.29, 0.717) is 30.5 Å². The van der Waals surface area contributed by atoms with E-state index in [0.717, 1.165) is 11.9 Å². The smallest absolute Gasteiger partial charge is 0.326 e. The van der Waals surface area contributed by atoms with Gasteiger partial charge in [0.15, 0.2) is 5.58 Å². The molecule has 1 fully saturated rings. The molecule has 1 saturated heterocycles.